The zero-order valence-corrected chi connectivity index (χ0v) is 31.9. The van der Waals surface area contributed by atoms with Crippen molar-refractivity contribution >= 4 is 50.6 Å². The minimum absolute atomic E-state index is 0. The molecule has 3 heterocycles. The van der Waals surface area contributed by atoms with Crippen molar-refractivity contribution in [3.8, 4) is 28.3 Å². The predicted octanol–water partition coefficient (Wildman–Crippen LogP) is 10.2. The van der Waals surface area contributed by atoms with Gasteiger partial charge in [0.1, 0.15) is 11.4 Å². The molecule has 8 rings (SSSR count). The third kappa shape index (κ3) is 6.40. The van der Waals surface area contributed by atoms with Crippen LogP contribution in [0.2, 0.25) is 17.3 Å². The van der Waals surface area contributed by atoms with E-state index >= 15 is 0 Å². The molecule has 0 aliphatic carbocycles. The maximum atomic E-state index is 13.8. The van der Waals surface area contributed by atoms with Gasteiger partial charge in [0.05, 0.1) is 22.4 Å². The second-order valence-corrected chi connectivity index (χ2v) is 23.4. The number of furan rings is 1. The van der Waals surface area contributed by atoms with Crippen LogP contribution in [-0.2, 0) is 20.1 Å². The van der Waals surface area contributed by atoms with E-state index in [-0.39, 0.29) is 25.9 Å². The second kappa shape index (κ2) is 13.6. The normalized spacial score (nSPS) is 11.4. The Balaban J connectivity index is 0.000000201. The fraction of sp³-hybridized carbons (Fsp3) is 0.122. The number of benzene rings is 5. The Bertz CT molecular complexity index is 2350. The summed E-state index contributed by atoms with van der Waals surface area (Å²) in [6.45, 7) is 4.21. The summed E-state index contributed by atoms with van der Waals surface area (Å²) in [4.78, 5) is 9.51. The summed E-state index contributed by atoms with van der Waals surface area (Å²) in [5.74, 6) is 7.57. The number of pyridine rings is 1. The number of aryl methyl sites for hydroxylation is 2. The summed E-state index contributed by atoms with van der Waals surface area (Å²) in [6, 6.07) is 41.7. The molecule has 0 saturated heterocycles. The molecule has 0 aliphatic heterocycles. The van der Waals surface area contributed by atoms with Crippen molar-refractivity contribution in [1.29, 1.82) is 0 Å². The van der Waals surface area contributed by atoms with Crippen LogP contribution in [0.5, 0.6) is 0 Å². The van der Waals surface area contributed by atoms with Gasteiger partial charge in [0.2, 0.25) is 0 Å². The molecule has 5 aromatic carbocycles. The van der Waals surface area contributed by atoms with E-state index in [2.05, 4.69) is 89.2 Å². The van der Waals surface area contributed by atoms with Gasteiger partial charge in [-0.1, -0.05) is 41.3 Å². The van der Waals surface area contributed by atoms with Gasteiger partial charge in [-0.2, -0.15) is 0 Å². The third-order valence-corrected chi connectivity index (χ3v) is 12.7. The van der Waals surface area contributed by atoms with Crippen LogP contribution < -0.4 is 4.40 Å². The molecule has 8 aromatic rings. The number of halogens is 1. The SMILES string of the molecule is Cc1cccc(C)c1-n1c(-c2[c-]ccc3c2oc2cc(F)ccc23)nc2ccccc21.[CH3][Ge]([CH3])([CH3])[c]1ccc(-c2[c-]cccc2)nc1.[Ir]. The molecule has 0 saturated carbocycles. The maximum Gasteiger partial charge on any atom is 0 e. The summed E-state index contributed by atoms with van der Waals surface area (Å²) >= 11 is -1.72. The Morgan fingerprint density at radius 3 is 2.25 bits per heavy atom. The van der Waals surface area contributed by atoms with E-state index < -0.39 is 13.3 Å². The molecule has 0 unspecified atom stereocenters. The van der Waals surface area contributed by atoms with Gasteiger partial charge in [0.15, 0.2) is 0 Å². The summed E-state index contributed by atoms with van der Waals surface area (Å²) < 4.78 is 23.6. The quantitative estimate of drug-likeness (QED) is 0.131. The molecule has 241 valence electrons. The van der Waals surface area contributed by atoms with Gasteiger partial charge in [-0.25, -0.2) is 4.39 Å². The van der Waals surface area contributed by atoms with Crippen molar-refractivity contribution in [3.63, 3.8) is 0 Å². The first-order chi connectivity index (χ1) is 22.7. The fourth-order valence-corrected chi connectivity index (χ4v) is 8.18. The second-order valence-electron chi connectivity index (χ2n) is 12.8. The number of para-hydroxylation sites is 3. The molecular formula is C41H34FGeIrN3O-2. The molecule has 0 N–H and O–H groups in total. The van der Waals surface area contributed by atoms with Gasteiger partial charge in [-0.3, -0.25) is 4.98 Å². The number of nitrogens with zero attached hydrogens (tertiary/aromatic N) is 3. The number of fused-ring (bicyclic) bond motifs is 4. The molecule has 0 fully saturated rings. The molecule has 1 radical (unpaired) electrons. The summed E-state index contributed by atoms with van der Waals surface area (Å²) in [6.07, 6.45) is 2.04. The van der Waals surface area contributed by atoms with Crippen molar-refractivity contribution in [2.75, 3.05) is 0 Å². The predicted molar refractivity (Wildman–Crippen MR) is 194 cm³/mol. The van der Waals surface area contributed by atoms with E-state index in [0.717, 1.165) is 61.3 Å². The number of rotatable bonds is 4. The number of hydrogen-bond acceptors (Lipinski definition) is 3. The van der Waals surface area contributed by atoms with Crippen LogP contribution in [0.3, 0.4) is 0 Å². The molecule has 0 aliphatic rings. The monoisotopic (exact) mass is 870 g/mol. The first kappa shape index (κ1) is 33.5. The first-order valence-corrected chi connectivity index (χ1v) is 23.0. The van der Waals surface area contributed by atoms with Gasteiger partial charge < -0.3 is 8.98 Å². The molecule has 0 atom stereocenters. The smallest absolute Gasteiger partial charge is 0 e. The van der Waals surface area contributed by atoms with Crippen molar-refractivity contribution in [2.24, 2.45) is 0 Å². The topological polar surface area (TPSA) is 43.9 Å². The Kier molecular flexibility index (Phi) is 9.53. The van der Waals surface area contributed by atoms with Crippen molar-refractivity contribution in [3.05, 3.63) is 144 Å². The van der Waals surface area contributed by atoms with Gasteiger partial charge >= 0.3 is 99.8 Å². The van der Waals surface area contributed by atoms with Crippen LogP contribution in [0.1, 0.15) is 11.1 Å². The van der Waals surface area contributed by atoms with E-state index in [4.69, 9.17) is 9.40 Å². The average Bonchev–Trinajstić information content (AvgIpc) is 3.63. The van der Waals surface area contributed by atoms with E-state index in [0.29, 0.717) is 11.2 Å². The van der Waals surface area contributed by atoms with E-state index in [1.54, 1.807) is 6.07 Å². The minimum atomic E-state index is -1.72. The third-order valence-electron chi connectivity index (χ3n) is 8.46. The van der Waals surface area contributed by atoms with Crippen molar-refractivity contribution in [1.82, 2.24) is 14.5 Å². The van der Waals surface area contributed by atoms with Crippen LogP contribution in [0.15, 0.2) is 120 Å². The summed E-state index contributed by atoms with van der Waals surface area (Å²) in [5.41, 5.74) is 9.33. The summed E-state index contributed by atoms with van der Waals surface area (Å²) in [5, 5.41) is 1.80. The van der Waals surface area contributed by atoms with Crippen LogP contribution in [0.25, 0.3) is 61.3 Å². The zero-order valence-electron chi connectivity index (χ0n) is 27.4. The molecular weight excluding hydrogens is 834 g/mol. The van der Waals surface area contributed by atoms with E-state index in [1.165, 1.54) is 16.5 Å². The van der Waals surface area contributed by atoms with Crippen LogP contribution in [-0.4, -0.2) is 27.8 Å². The van der Waals surface area contributed by atoms with Gasteiger partial charge in [-0.15, -0.1) is 18.2 Å². The maximum absolute atomic E-state index is 13.8. The Labute approximate surface area is 296 Å². The Morgan fingerprint density at radius 1 is 0.771 bits per heavy atom. The Morgan fingerprint density at radius 2 is 1.54 bits per heavy atom. The summed E-state index contributed by atoms with van der Waals surface area (Å²) in [7, 11) is 0. The standard InChI is InChI=1S/C27H18FN2O.C14H16GeN.Ir/c1-16-7-5-8-17(2)25(16)30-23-12-4-3-11-22(23)29-27(30)21-10-6-9-20-19-14-13-18(28)15-24(19)31-26(20)21;1-15(2,3)13-9-10-14(16-11-13)12-7-5-4-6-8-12;/h3-9,11-15H,1-2H3;4-7,9-11H,1-3H3;/q2*-1;. The van der Waals surface area contributed by atoms with Crippen LogP contribution in [0.4, 0.5) is 4.39 Å². The number of hydrogen-bond donors (Lipinski definition) is 0. The zero-order chi connectivity index (χ0) is 32.7. The van der Waals surface area contributed by atoms with E-state index in [9.17, 15) is 4.39 Å². The fourth-order valence-electron chi connectivity index (χ4n) is 6.01. The van der Waals surface area contributed by atoms with E-state index in [1.807, 2.05) is 60.8 Å². The molecule has 0 bridgehead atoms. The van der Waals surface area contributed by atoms with Gasteiger partial charge in [0.25, 0.3) is 0 Å². The number of imidazole rings is 1. The molecule has 0 spiro atoms. The molecule has 0 amide bonds. The largest absolute Gasteiger partial charge is 0 e. The molecule has 4 nitrogen and oxygen atoms in total. The number of aromatic nitrogens is 3. The van der Waals surface area contributed by atoms with Crippen molar-refractivity contribution in [2.45, 2.75) is 31.1 Å². The first-order valence-electron chi connectivity index (χ1n) is 15.7. The molecule has 48 heavy (non-hydrogen) atoms. The van der Waals surface area contributed by atoms with Crippen molar-refractivity contribution < 1.29 is 28.9 Å². The van der Waals surface area contributed by atoms with Gasteiger partial charge in [0, 0.05) is 37.2 Å². The Hall–Kier alpha value is -4.36. The van der Waals surface area contributed by atoms with Crippen LogP contribution >= 0.6 is 0 Å². The molecule has 7 heteroatoms. The van der Waals surface area contributed by atoms with Gasteiger partial charge in [-0.05, 0) is 49.2 Å². The average molecular weight is 869 g/mol. The van der Waals surface area contributed by atoms with Crippen LogP contribution in [0, 0.1) is 31.8 Å². The molecule has 3 aromatic heterocycles. The minimum Gasteiger partial charge on any atom is 0 e.